The summed E-state index contributed by atoms with van der Waals surface area (Å²) in [5, 5.41) is 7.40. The topological polar surface area (TPSA) is 68.9 Å². The standard InChI is InChI=1S/C20H26N4O2/c1-3-23-19(17-12-8-5-9-13-17)22-24(20(23)26)14-18(25)21-15(2)16-10-6-4-7-11-16/h5,8-10,12-13,15H,3-4,6-7,11,14H2,1-2H3,(H,21,25). The fourth-order valence-electron chi connectivity index (χ4n) is 3.40. The highest BCUT2D eigenvalue weighted by atomic mass is 16.2. The Morgan fingerprint density at radius 1 is 1.27 bits per heavy atom. The minimum atomic E-state index is -0.258. The van der Waals surface area contributed by atoms with Crippen molar-refractivity contribution in [3.05, 3.63) is 52.5 Å². The zero-order valence-electron chi connectivity index (χ0n) is 15.4. The summed E-state index contributed by atoms with van der Waals surface area (Å²) in [6.45, 7) is 4.34. The molecule has 1 heterocycles. The summed E-state index contributed by atoms with van der Waals surface area (Å²) in [4.78, 5) is 25.0. The number of carbonyl (C=O) groups is 1. The van der Waals surface area contributed by atoms with E-state index in [1.165, 1.54) is 23.1 Å². The highest BCUT2D eigenvalue weighted by Crippen LogP contribution is 2.20. The molecule has 1 N–H and O–H groups in total. The molecule has 0 fully saturated rings. The minimum Gasteiger partial charge on any atom is -0.348 e. The zero-order chi connectivity index (χ0) is 18.5. The summed E-state index contributed by atoms with van der Waals surface area (Å²) in [7, 11) is 0. The fraction of sp³-hybridized carbons (Fsp3) is 0.450. The first-order valence-electron chi connectivity index (χ1n) is 9.31. The van der Waals surface area contributed by atoms with Gasteiger partial charge in [0.1, 0.15) is 6.54 Å². The molecule has 1 aromatic carbocycles. The van der Waals surface area contributed by atoms with E-state index in [-0.39, 0.29) is 24.2 Å². The molecular formula is C20H26N4O2. The number of hydrogen-bond donors (Lipinski definition) is 1. The number of hydrogen-bond acceptors (Lipinski definition) is 3. The maximum absolute atomic E-state index is 12.6. The summed E-state index contributed by atoms with van der Waals surface area (Å²) in [6.07, 6.45) is 6.73. The minimum absolute atomic E-state index is 0.000330. The van der Waals surface area contributed by atoms with Gasteiger partial charge in [0.2, 0.25) is 5.91 Å². The van der Waals surface area contributed by atoms with Crippen LogP contribution >= 0.6 is 0 Å². The van der Waals surface area contributed by atoms with Crippen LogP contribution in [0.15, 0.2) is 46.8 Å². The molecule has 1 aliphatic carbocycles. The van der Waals surface area contributed by atoms with Crippen molar-refractivity contribution >= 4 is 5.91 Å². The maximum Gasteiger partial charge on any atom is 0.346 e. The van der Waals surface area contributed by atoms with Crippen LogP contribution in [0.5, 0.6) is 0 Å². The molecule has 6 nitrogen and oxygen atoms in total. The van der Waals surface area contributed by atoms with Gasteiger partial charge >= 0.3 is 5.69 Å². The molecule has 1 unspecified atom stereocenters. The third kappa shape index (κ3) is 3.95. The van der Waals surface area contributed by atoms with Crippen LogP contribution in [0.25, 0.3) is 11.4 Å². The second-order valence-electron chi connectivity index (χ2n) is 6.69. The highest BCUT2D eigenvalue weighted by molar-refractivity contribution is 5.76. The summed E-state index contributed by atoms with van der Waals surface area (Å²) >= 11 is 0. The van der Waals surface area contributed by atoms with Crippen molar-refractivity contribution in [3.8, 4) is 11.4 Å². The Labute approximate surface area is 153 Å². The van der Waals surface area contributed by atoms with E-state index >= 15 is 0 Å². The summed E-state index contributed by atoms with van der Waals surface area (Å²) < 4.78 is 2.85. The smallest absolute Gasteiger partial charge is 0.346 e. The van der Waals surface area contributed by atoms with E-state index in [0.717, 1.165) is 18.4 Å². The summed E-state index contributed by atoms with van der Waals surface area (Å²) in [5.74, 6) is 0.403. The Hall–Kier alpha value is -2.63. The number of benzene rings is 1. The van der Waals surface area contributed by atoms with Crippen LogP contribution in [0.2, 0.25) is 0 Å². The van der Waals surface area contributed by atoms with Gasteiger partial charge < -0.3 is 5.32 Å². The Morgan fingerprint density at radius 2 is 2.04 bits per heavy atom. The predicted octanol–water partition coefficient (Wildman–Crippen LogP) is 2.74. The molecule has 3 rings (SSSR count). The Bertz CT molecular complexity index is 848. The largest absolute Gasteiger partial charge is 0.348 e. The lowest BCUT2D eigenvalue weighted by Gasteiger charge is -2.20. The van der Waals surface area contributed by atoms with Gasteiger partial charge in [-0.15, -0.1) is 5.10 Å². The first-order chi connectivity index (χ1) is 12.6. The number of nitrogens with one attached hydrogen (secondary N) is 1. The molecule has 1 amide bonds. The first-order valence-corrected chi connectivity index (χ1v) is 9.31. The Balaban J connectivity index is 1.75. The highest BCUT2D eigenvalue weighted by Gasteiger charge is 2.18. The van der Waals surface area contributed by atoms with Crippen molar-refractivity contribution in [3.63, 3.8) is 0 Å². The third-order valence-electron chi connectivity index (χ3n) is 4.82. The molecule has 2 aromatic rings. The lowest BCUT2D eigenvalue weighted by atomic mass is 9.95. The van der Waals surface area contributed by atoms with Crippen molar-refractivity contribution in [1.29, 1.82) is 0 Å². The molecule has 1 aromatic heterocycles. The number of carbonyl (C=O) groups excluding carboxylic acids is 1. The molecule has 138 valence electrons. The van der Waals surface area contributed by atoms with Crippen molar-refractivity contribution in [2.45, 2.75) is 58.7 Å². The normalized spacial score (nSPS) is 15.4. The van der Waals surface area contributed by atoms with Crippen LogP contribution < -0.4 is 11.0 Å². The average Bonchev–Trinajstić information content (AvgIpc) is 2.98. The number of allylic oxidation sites excluding steroid dienone is 1. The molecule has 1 aliphatic rings. The van der Waals surface area contributed by atoms with E-state index in [4.69, 9.17) is 0 Å². The summed E-state index contributed by atoms with van der Waals surface area (Å²) in [6, 6.07) is 9.56. The van der Waals surface area contributed by atoms with Gasteiger partial charge in [-0.05, 0) is 39.5 Å². The molecule has 0 aliphatic heterocycles. The van der Waals surface area contributed by atoms with Gasteiger partial charge in [-0.2, -0.15) is 0 Å². The molecule has 6 heteroatoms. The van der Waals surface area contributed by atoms with Crippen molar-refractivity contribution in [1.82, 2.24) is 19.7 Å². The second-order valence-corrected chi connectivity index (χ2v) is 6.69. The van der Waals surface area contributed by atoms with Gasteiger partial charge in [0.25, 0.3) is 0 Å². The lowest BCUT2D eigenvalue weighted by molar-refractivity contribution is -0.122. The number of amides is 1. The van der Waals surface area contributed by atoms with Crippen LogP contribution in [0.3, 0.4) is 0 Å². The van der Waals surface area contributed by atoms with E-state index in [1.54, 1.807) is 4.57 Å². The van der Waals surface area contributed by atoms with Crippen molar-refractivity contribution in [2.75, 3.05) is 0 Å². The number of aromatic nitrogens is 3. The van der Waals surface area contributed by atoms with Gasteiger partial charge in [0, 0.05) is 18.2 Å². The van der Waals surface area contributed by atoms with Crippen LogP contribution in [-0.4, -0.2) is 26.3 Å². The lowest BCUT2D eigenvalue weighted by Crippen LogP contribution is -2.39. The molecule has 0 bridgehead atoms. The van der Waals surface area contributed by atoms with Crippen molar-refractivity contribution in [2.24, 2.45) is 0 Å². The Kier molecular flexibility index (Phi) is 5.71. The molecule has 1 atom stereocenters. The Morgan fingerprint density at radius 3 is 2.69 bits per heavy atom. The van der Waals surface area contributed by atoms with Gasteiger partial charge in [-0.25, -0.2) is 9.48 Å². The van der Waals surface area contributed by atoms with Gasteiger partial charge in [0.15, 0.2) is 5.82 Å². The third-order valence-corrected chi connectivity index (χ3v) is 4.82. The quantitative estimate of drug-likeness (QED) is 0.811. The van der Waals surface area contributed by atoms with Crippen LogP contribution in [0.1, 0.15) is 39.5 Å². The van der Waals surface area contributed by atoms with E-state index in [1.807, 2.05) is 44.2 Å². The van der Waals surface area contributed by atoms with E-state index < -0.39 is 0 Å². The number of nitrogens with zero attached hydrogens (tertiary/aromatic N) is 3. The molecular weight excluding hydrogens is 328 g/mol. The molecule has 0 saturated heterocycles. The van der Waals surface area contributed by atoms with Crippen LogP contribution in [-0.2, 0) is 17.9 Å². The fourth-order valence-corrected chi connectivity index (χ4v) is 3.40. The zero-order valence-corrected chi connectivity index (χ0v) is 15.4. The van der Waals surface area contributed by atoms with Crippen LogP contribution in [0.4, 0.5) is 0 Å². The van der Waals surface area contributed by atoms with Crippen molar-refractivity contribution < 1.29 is 4.79 Å². The van der Waals surface area contributed by atoms with E-state index in [2.05, 4.69) is 16.5 Å². The predicted molar refractivity (Wildman–Crippen MR) is 102 cm³/mol. The van der Waals surface area contributed by atoms with Crippen LogP contribution in [0, 0.1) is 0 Å². The molecule has 0 radical (unpaired) electrons. The van der Waals surface area contributed by atoms with Gasteiger partial charge in [-0.1, -0.05) is 42.0 Å². The molecule has 26 heavy (non-hydrogen) atoms. The first kappa shape index (κ1) is 18.2. The monoisotopic (exact) mass is 354 g/mol. The van der Waals surface area contributed by atoms with Gasteiger partial charge in [0.05, 0.1) is 0 Å². The SMILES string of the molecule is CCn1c(-c2ccccc2)nn(CC(=O)NC(C)C2=CCCCC2)c1=O. The molecule has 0 spiro atoms. The van der Waals surface area contributed by atoms with E-state index in [9.17, 15) is 9.59 Å². The second kappa shape index (κ2) is 8.17. The van der Waals surface area contributed by atoms with E-state index in [0.29, 0.717) is 12.4 Å². The molecule has 0 saturated carbocycles. The average molecular weight is 354 g/mol. The summed E-state index contributed by atoms with van der Waals surface area (Å²) in [5.41, 5.74) is 1.89. The maximum atomic E-state index is 12.6. The van der Waals surface area contributed by atoms with Gasteiger partial charge in [-0.3, -0.25) is 9.36 Å². The number of rotatable bonds is 6.